The van der Waals surface area contributed by atoms with Crippen molar-refractivity contribution in [3.63, 3.8) is 0 Å². The Morgan fingerprint density at radius 2 is 1.47 bits per heavy atom. The lowest BCUT2D eigenvalue weighted by Crippen LogP contribution is -2.26. The predicted octanol–water partition coefficient (Wildman–Crippen LogP) is 6.30. The first-order valence-electron chi connectivity index (χ1n) is 8.89. The normalized spacial score (nSPS) is 11.8. The van der Waals surface area contributed by atoms with Crippen LogP contribution in [-0.2, 0) is 17.1 Å². The van der Waals surface area contributed by atoms with Crippen molar-refractivity contribution in [1.82, 2.24) is 0 Å². The molecule has 0 aliphatic rings. The molecule has 12 heteroatoms. The molecule has 0 atom stereocenters. The fraction of sp³-hybridized carbons (Fsp3) is 0.250. The van der Waals surface area contributed by atoms with Gasteiger partial charge in [-0.1, -0.05) is 12.1 Å². The molecule has 0 unspecified atom stereocenters. The minimum atomic E-state index is -4.80. The van der Waals surface area contributed by atoms with Crippen LogP contribution in [0.15, 0.2) is 46.7 Å². The molecule has 0 heterocycles. The average Bonchev–Trinajstić information content (AvgIpc) is 2.72. The monoisotopic (exact) mass is 453 g/mol. The Labute approximate surface area is 178 Å². The van der Waals surface area contributed by atoms with Gasteiger partial charge in [0, 0.05) is 6.42 Å². The quantitative estimate of drug-likeness (QED) is 0.302. The lowest BCUT2D eigenvalue weighted by atomic mass is 10.1. The molecule has 6 nitrogen and oxygen atoms in total. The van der Waals surface area contributed by atoms with E-state index in [1.54, 1.807) is 19.1 Å². The van der Waals surface area contributed by atoms with Crippen molar-refractivity contribution in [2.75, 3.05) is 5.01 Å². The van der Waals surface area contributed by atoms with Crippen LogP contribution in [-0.4, -0.2) is 5.91 Å². The van der Waals surface area contributed by atoms with Gasteiger partial charge >= 0.3 is 12.4 Å². The minimum Gasteiger partial charge on any atom is -0.273 e. The molecule has 0 saturated carbocycles. The van der Waals surface area contributed by atoms with Crippen LogP contribution in [0.2, 0.25) is 0 Å². The zero-order chi connectivity index (χ0) is 24.1. The van der Waals surface area contributed by atoms with E-state index in [0.29, 0.717) is 29.3 Å². The molecule has 1 amide bonds. The number of anilines is 1. The van der Waals surface area contributed by atoms with Gasteiger partial charge in [-0.3, -0.25) is 4.79 Å². The van der Waals surface area contributed by atoms with E-state index in [1.807, 2.05) is 0 Å². The number of hydrogen-bond acceptors (Lipinski definition) is 5. The van der Waals surface area contributed by atoms with Gasteiger partial charge in [0.05, 0.1) is 27.9 Å². The van der Waals surface area contributed by atoms with Gasteiger partial charge in [0.25, 0.3) is 0 Å². The molecule has 0 saturated heterocycles. The molecule has 2 rings (SSSR count). The molecule has 2 aromatic rings. The molecule has 0 bridgehead atoms. The highest BCUT2D eigenvalue weighted by atomic mass is 19.4. The fourth-order valence-electron chi connectivity index (χ4n) is 2.51. The molecule has 0 radical (unpaired) electrons. The highest BCUT2D eigenvalue weighted by Gasteiger charge is 2.33. The van der Waals surface area contributed by atoms with E-state index >= 15 is 0 Å². The SMILES string of the molecule is CCCC(=O)N(N=Nc1cc(C(F)(F)F)ccc1C#N)c1cc(C(F)(F)F)ccc1C#N. The van der Waals surface area contributed by atoms with Gasteiger partial charge < -0.3 is 0 Å². The van der Waals surface area contributed by atoms with Crippen LogP contribution < -0.4 is 5.01 Å². The molecule has 0 fully saturated rings. The number of amides is 1. The Morgan fingerprint density at radius 1 is 0.938 bits per heavy atom. The van der Waals surface area contributed by atoms with Gasteiger partial charge in [-0.25, -0.2) is 0 Å². The highest BCUT2D eigenvalue weighted by Crippen LogP contribution is 2.35. The second-order valence-electron chi connectivity index (χ2n) is 6.33. The summed E-state index contributed by atoms with van der Waals surface area (Å²) in [5.74, 6) is -0.849. The van der Waals surface area contributed by atoms with Crippen molar-refractivity contribution in [3.05, 3.63) is 58.7 Å². The second-order valence-corrected chi connectivity index (χ2v) is 6.33. The lowest BCUT2D eigenvalue weighted by Gasteiger charge is -2.18. The van der Waals surface area contributed by atoms with Gasteiger partial charge in [-0.15, -0.1) is 5.11 Å². The summed E-state index contributed by atoms with van der Waals surface area (Å²) in [6.07, 6.45) is -9.49. The molecule has 0 spiro atoms. The summed E-state index contributed by atoms with van der Waals surface area (Å²) in [7, 11) is 0. The fourth-order valence-corrected chi connectivity index (χ4v) is 2.51. The first-order chi connectivity index (χ1) is 14.9. The van der Waals surface area contributed by atoms with E-state index in [9.17, 15) is 36.4 Å². The number of benzene rings is 2. The number of rotatable bonds is 5. The summed E-state index contributed by atoms with van der Waals surface area (Å²) in [5, 5.41) is 25.8. The Morgan fingerprint density at radius 3 is 1.97 bits per heavy atom. The molecule has 0 aliphatic heterocycles. The van der Waals surface area contributed by atoms with Gasteiger partial charge in [0.2, 0.25) is 5.91 Å². The molecule has 0 aromatic heterocycles. The maximum atomic E-state index is 13.1. The molecule has 0 N–H and O–H groups in total. The number of halogens is 6. The van der Waals surface area contributed by atoms with Crippen molar-refractivity contribution in [3.8, 4) is 12.1 Å². The van der Waals surface area contributed by atoms with E-state index in [0.717, 1.165) is 12.1 Å². The molecule has 2 aromatic carbocycles. The van der Waals surface area contributed by atoms with Crippen LogP contribution >= 0.6 is 0 Å². The molecule has 32 heavy (non-hydrogen) atoms. The highest BCUT2D eigenvalue weighted by molar-refractivity contribution is 5.94. The van der Waals surface area contributed by atoms with Crippen LogP contribution in [0, 0.1) is 22.7 Å². The minimum absolute atomic E-state index is 0.201. The summed E-state index contributed by atoms with van der Waals surface area (Å²) < 4.78 is 78.4. The number of hydrogen-bond donors (Lipinski definition) is 0. The van der Waals surface area contributed by atoms with Crippen molar-refractivity contribution in [2.45, 2.75) is 32.1 Å². The van der Waals surface area contributed by atoms with E-state index in [-0.39, 0.29) is 24.0 Å². The average molecular weight is 453 g/mol. The third-order valence-electron chi connectivity index (χ3n) is 4.06. The number of carbonyl (C=O) groups is 1. The largest absolute Gasteiger partial charge is 0.416 e. The van der Waals surface area contributed by atoms with Gasteiger partial charge in [0.15, 0.2) is 0 Å². The summed E-state index contributed by atoms with van der Waals surface area (Å²) in [6.45, 7) is 1.60. The van der Waals surface area contributed by atoms with Gasteiger partial charge in [-0.05, 0) is 42.8 Å². The molecular formula is C20H13F6N5O. The molecular weight excluding hydrogens is 440 g/mol. The van der Waals surface area contributed by atoms with Gasteiger partial charge in [0.1, 0.15) is 17.8 Å². The van der Waals surface area contributed by atoms with E-state index in [1.165, 1.54) is 0 Å². The van der Waals surface area contributed by atoms with Crippen molar-refractivity contribution in [2.24, 2.45) is 10.3 Å². The predicted molar refractivity (Wildman–Crippen MR) is 99.2 cm³/mol. The Kier molecular flexibility index (Phi) is 7.21. The molecule has 0 aliphatic carbocycles. The number of nitriles is 2. The standard InChI is InChI=1S/C20H13F6N5O/c1-2-3-18(32)31(17-9-15(20(24,25)26)7-5-13(17)11-28)30-29-16-8-14(19(21,22)23)6-4-12(16)10-27/h4-9H,2-3H2,1H3. The van der Waals surface area contributed by atoms with E-state index < -0.39 is 40.8 Å². The first kappa shape index (κ1) is 24.3. The van der Waals surface area contributed by atoms with E-state index in [2.05, 4.69) is 10.3 Å². The van der Waals surface area contributed by atoms with Crippen LogP contribution in [0.5, 0.6) is 0 Å². The Balaban J connectivity index is 2.65. The number of carbonyl (C=O) groups excluding carboxylic acids is 1. The number of nitrogens with zero attached hydrogens (tertiary/aromatic N) is 5. The van der Waals surface area contributed by atoms with E-state index in [4.69, 9.17) is 5.26 Å². The van der Waals surface area contributed by atoms with Crippen LogP contribution in [0.3, 0.4) is 0 Å². The van der Waals surface area contributed by atoms with Crippen LogP contribution in [0.1, 0.15) is 42.0 Å². The Bertz CT molecular complexity index is 1130. The second kappa shape index (κ2) is 9.47. The first-order valence-corrected chi connectivity index (χ1v) is 8.89. The van der Waals surface area contributed by atoms with Crippen molar-refractivity contribution in [1.29, 1.82) is 10.5 Å². The third kappa shape index (κ3) is 5.60. The zero-order valence-corrected chi connectivity index (χ0v) is 16.3. The topological polar surface area (TPSA) is 92.6 Å². The third-order valence-corrected chi connectivity index (χ3v) is 4.06. The Hall–Kier alpha value is -3.93. The smallest absolute Gasteiger partial charge is 0.273 e. The zero-order valence-electron chi connectivity index (χ0n) is 16.3. The molecule has 166 valence electrons. The summed E-state index contributed by atoms with van der Waals surface area (Å²) in [5.41, 5.74) is -4.07. The van der Waals surface area contributed by atoms with Crippen molar-refractivity contribution < 1.29 is 31.1 Å². The number of alkyl halides is 6. The maximum Gasteiger partial charge on any atom is 0.416 e. The summed E-state index contributed by atoms with van der Waals surface area (Å²) in [6, 6.07) is 7.27. The van der Waals surface area contributed by atoms with Crippen molar-refractivity contribution >= 4 is 17.3 Å². The maximum absolute atomic E-state index is 13.1. The van der Waals surface area contributed by atoms with Crippen LogP contribution in [0.4, 0.5) is 37.7 Å². The summed E-state index contributed by atoms with van der Waals surface area (Å²) >= 11 is 0. The van der Waals surface area contributed by atoms with Gasteiger partial charge in [-0.2, -0.15) is 41.9 Å². The van der Waals surface area contributed by atoms with Crippen LogP contribution in [0.25, 0.3) is 0 Å². The summed E-state index contributed by atoms with van der Waals surface area (Å²) in [4.78, 5) is 12.5. The lowest BCUT2D eigenvalue weighted by molar-refractivity contribution is -0.138.